The van der Waals surface area contributed by atoms with Gasteiger partial charge in [-0.25, -0.2) is 0 Å². The van der Waals surface area contributed by atoms with Crippen molar-refractivity contribution >= 4 is 17.7 Å². The summed E-state index contributed by atoms with van der Waals surface area (Å²) in [7, 11) is 3.47. The lowest BCUT2D eigenvalue weighted by Gasteiger charge is -2.17. The van der Waals surface area contributed by atoms with Gasteiger partial charge in [0.05, 0.1) is 12.9 Å². The van der Waals surface area contributed by atoms with Crippen molar-refractivity contribution in [3.8, 4) is 5.75 Å². The van der Waals surface area contributed by atoms with Gasteiger partial charge >= 0.3 is 0 Å². The second-order valence-corrected chi connectivity index (χ2v) is 7.19. The highest BCUT2D eigenvalue weighted by Crippen LogP contribution is 2.39. The Kier molecular flexibility index (Phi) is 5.63. The van der Waals surface area contributed by atoms with Crippen molar-refractivity contribution in [2.24, 2.45) is 0 Å². The molecule has 0 spiro atoms. The predicted molar refractivity (Wildman–Crippen MR) is 97.9 cm³/mol. The molecule has 2 aromatic rings. The lowest BCUT2D eigenvalue weighted by atomic mass is 10.2. The smallest absolute Gasteiger partial charge is 0.233 e. The number of rotatable bonds is 8. The molecule has 0 saturated heterocycles. The Hall–Kier alpha value is -2.02. The Morgan fingerprint density at radius 2 is 2.20 bits per heavy atom. The first-order valence-electron chi connectivity index (χ1n) is 8.55. The quantitative estimate of drug-likeness (QED) is 0.678. The van der Waals surface area contributed by atoms with Crippen molar-refractivity contribution in [1.29, 1.82) is 0 Å². The van der Waals surface area contributed by atoms with Gasteiger partial charge in [0.25, 0.3) is 0 Å². The number of carbonyl (C=O) groups is 1. The molecule has 0 bridgehead atoms. The van der Waals surface area contributed by atoms with Crippen molar-refractivity contribution in [2.75, 3.05) is 19.9 Å². The van der Waals surface area contributed by atoms with E-state index in [2.05, 4.69) is 21.7 Å². The SMILES string of the molecule is CCn1c(SCC(=O)N(C)Cc2cccc(OC)c2)nnc1C1CC1. The summed E-state index contributed by atoms with van der Waals surface area (Å²) in [5.41, 5.74) is 1.05. The second-order valence-electron chi connectivity index (χ2n) is 6.25. The van der Waals surface area contributed by atoms with E-state index in [1.165, 1.54) is 24.6 Å². The van der Waals surface area contributed by atoms with Gasteiger partial charge in [-0.05, 0) is 37.5 Å². The van der Waals surface area contributed by atoms with Crippen LogP contribution in [0.4, 0.5) is 0 Å². The van der Waals surface area contributed by atoms with Crippen molar-refractivity contribution in [2.45, 2.75) is 43.9 Å². The van der Waals surface area contributed by atoms with E-state index in [9.17, 15) is 4.79 Å². The molecule has 3 rings (SSSR count). The van der Waals surface area contributed by atoms with Crippen LogP contribution in [-0.2, 0) is 17.9 Å². The summed E-state index contributed by atoms with van der Waals surface area (Å²) in [6.45, 7) is 3.50. The number of hydrogen-bond acceptors (Lipinski definition) is 5. The molecule has 0 N–H and O–H groups in total. The van der Waals surface area contributed by atoms with Crippen LogP contribution in [0.5, 0.6) is 5.75 Å². The number of nitrogens with zero attached hydrogens (tertiary/aromatic N) is 4. The molecule has 7 heteroatoms. The van der Waals surface area contributed by atoms with Gasteiger partial charge in [0.1, 0.15) is 11.6 Å². The maximum atomic E-state index is 12.4. The Bertz CT molecular complexity index is 742. The van der Waals surface area contributed by atoms with E-state index in [4.69, 9.17) is 4.74 Å². The van der Waals surface area contributed by atoms with Crippen LogP contribution in [0.1, 0.15) is 37.1 Å². The molecule has 0 unspecified atom stereocenters. The number of thioether (sulfide) groups is 1. The number of benzene rings is 1. The predicted octanol–water partition coefficient (Wildman–Crippen LogP) is 2.93. The maximum absolute atomic E-state index is 12.4. The van der Waals surface area contributed by atoms with Crippen LogP contribution >= 0.6 is 11.8 Å². The normalized spacial score (nSPS) is 13.7. The van der Waals surface area contributed by atoms with Gasteiger partial charge in [-0.3, -0.25) is 4.79 Å². The van der Waals surface area contributed by atoms with Crippen LogP contribution in [0.15, 0.2) is 29.4 Å². The highest BCUT2D eigenvalue weighted by Gasteiger charge is 2.30. The van der Waals surface area contributed by atoms with Crippen LogP contribution in [-0.4, -0.2) is 45.5 Å². The maximum Gasteiger partial charge on any atom is 0.233 e. The molecule has 6 nitrogen and oxygen atoms in total. The van der Waals surface area contributed by atoms with E-state index in [0.29, 0.717) is 18.2 Å². The molecule has 0 aliphatic heterocycles. The molecule has 1 heterocycles. The van der Waals surface area contributed by atoms with Crippen molar-refractivity contribution in [3.05, 3.63) is 35.7 Å². The van der Waals surface area contributed by atoms with Gasteiger partial charge < -0.3 is 14.2 Å². The first-order valence-corrected chi connectivity index (χ1v) is 9.53. The zero-order valence-corrected chi connectivity index (χ0v) is 15.8. The van der Waals surface area contributed by atoms with Crippen molar-refractivity contribution < 1.29 is 9.53 Å². The lowest BCUT2D eigenvalue weighted by molar-refractivity contribution is -0.127. The molecule has 1 saturated carbocycles. The molecule has 1 aromatic heterocycles. The van der Waals surface area contributed by atoms with E-state index in [1.807, 2.05) is 31.3 Å². The molecule has 1 fully saturated rings. The highest BCUT2D eigenvalue weighted by atomic mass is 32.2. The molecule has 1 aromatic carbocycles. The number of hydrogen-bond donors (Lipinski definition) is 0. The summed E-state index contributed by atoms with van der Waals surface area (Å²) >= 11 is 1.47. The number of carbonyl (C=O) groups excluding carboxylic acids is 1. The van der Waals surface area contributed by atoms with E-state index < -0.39 is 0 Å². The Labute approximate surface area is 152 Å². The fraction of sp³-hybridized carbons (Fsp3) is 0.500. The van der Waals surface area contributed by atoms with Crippen molar-refractivity contribution in [3.63, 3.8) is 0 Å². The second kappa shape index (κ2) is 7.91. The summed E-state index contributed by atoms with van der Waals surface area (Å²) in [5.74, 6) is 2.88. The van der Waals surface area contributed by atoms with Gasteiger partial charge in [-0.1, -0.05) is 23.9 Å². The molecular weight excluding hydrogens is 336 g/mol. The van der Waals surface area contributed by atoms with Crippen LogP contribution in [0, 0.1) is 0 Å². The van der Waals surface area contributed by atoms with E-state index in [1.54, 1.807) is 12.0 Å². The Morgan fingerprint density at radius 3 is 2.88 bits per heavy atom. The van der Waals surface area contributed by atoms with E-state index in [0.717, 1.165) is 28.8 Å². The Balaban J connectivity index is 1.56. The van der Waals surface area contributed by atoms with Gasteiger partial charge in [0, 0.05) is 26.1 Å². The monoisotopic (exact) mass is 360 g/mol. The highest BCUT2D eigenvalue weighted by molar-refractivity contribution is 7.99. The third-order valence-electron chi connectivity index (χ3n) is 4.31. The number of aromatic nitrogens is 3. The van der Waals surface area contributed by atoms with Crippen LogP contribution < -0.4 is 4.74 Å². The molecule has 25 heavy (non-hydrogen) atoms. The number of methoxy groups -OCH3 is 1. The van der Waals surface area contributed by atoms with E-state index in [-0.39, 0.29) is 5.91 Å². The summed E-state index contributed by atoms with van der Waals surface area (Å²) in [6, 6.07) is 7.78. The van der Waals surface area contributed by atoms with Gasteiger partial charge in [-0.15, -0.1) is 10.2 Å². The summed E-state index contributed by atoms with van der Waals surface area (Å²) in [5, 5.41) is 9.43. The minimum absolute atomic E-state index is 0.0754. The minimum atomic E-state index is 0.0754. The summed E-state index contributed by atoms with van der Waals surface area (Å²) in [4.78, 5) is 14.2. The molecule has 0 radical (unpaired) electrons. The standard InChI is InChI=1S/C18H24N4O2S/c1-4-22-17(14-8-9-14)19-20-18(22)25-12-16(23)21(2)11-13-6-5-7-15(10-13)24-3/h5-7,10,14H,4,8-9,11-12H2,1-3H3. The largest absolute Gasteiger partial charge is 0.497 e. The third kappa shape index (κ3) is 4.34. The molecular formula is C18H24N4O2S. The molecule has 1 amide bonds. The molecule has 134 valence electrons. The average molecular weight is 360 g/mol. The average Bonchev–Trinajstić information content (AvgIpc) is 3.39. The van der Waals surface area contributed by atoms with Gasteiger partial charge in [-0.2, -0.15) is 0 Å². The van der Waals surface area contributed by atoms with Gasteiger partial charge in [0.15, 0.2) is 5.16 Å². The first-order chi connectivity index (χ1) is 12.1. The fourth-order valence-electron chi connectivity index (χ4n) is 2.72. The summed E-state index contributed by atoms with van der Waals surface area (Å²) in [6.07, 6.45) is 2.40. The van der Waals surface area contributed by atoms with Gasteiger partial charge in [0.2, 0.25) is 5.91 Å². The fourth-order valence-corrected chi connectivity index (χ4v) is 3.67. The summed E-state index contributed by atoms with van der Waals surface area (Å²) < 4.78 is 7.37. The molecule has 1 aliphatic rings. The zero-order valence-electron chi connectivity index (χ0n) is 14.9. The molecule has 1 aliphatic carbocycles. The third-order valence-corrected chi connectivity index (χ3v) is 5.26. The molecule has 0 atom stereocenters. The van der Waals surface area contributed by atoms with Crippen molar-refractivity contribution in [1.82, 2.24) is 19.7 Å². The minimum Gasteiger partial charge on any atom is -0.497 e. The van der Waals surface area contributed by atoms with E-state index >= 15 is 0 Å². The van der Waals surface area contributed by atoms with Crippen LogP contribution in [0.3, 0.4) is 0 Å². The van der Waals surface area contributed by atoms with Crippen LogP contribution in [0.25, 0.3) is 0 Å². The lowest BCUT2D eigenvalue weighted by Crippen LogP contribution is -2.27. The zero-order chi connectivity index (χ0) is 17.8. The Morgan fingerprint density at radius 1 is 1.40 bits per heavy atom. The number of ether oxygens (including phenoxy) is 1. The first kappa shape index (κ1) is 17.8. The topological polar surface area (TPSA) is 60.2 Å². The number of amides is 1. The van der Waals surface area contributed by atoms with Crippen LogP contribution in [0.2, 0.25) is 0 Å².